The van der Waals surface area contributed by atoms with E-state index in [4.69, 9.17) is 11.6 Å². The molecular formula is C21H26ClN5O2S. The second-order valence-corrected chi connectivity index (χ2v) is 9.29. The summed E-state index contributed by atoms with van der Waals surface area (Å²) in [6.45, 7) is 2.18. The van der Waals surface area contributed by atoms with E-state index in [1.807, 2.05) is 24.3 Å². The van der Waals surface area contributed by atoms with E-state index in [0.29, 0.717) is 29.8 Å². The first-order chi connectivity index (χ1) is 14.6. The molecule has 0 saturated heterocycles. The molecule has 2 heterocycles. The first-order valence-corrected chi connectivity index (χ1v) is 11.5. The molecule has 0 unspecified atom stereocenters. The predicted octanol–water partition coefficient (Wildman–Crippen LogP) is 3.54. The minimum atomic E-state index is -0.177. The number of hydrogen-bond acceptors (Lipinski definition) is 5. The molecule has 3 N–H and O–H groups in total. The summed E-state index contributed by atoms with van der Waals surface area (Å²) in [6.07, 6.45) is 5.23. The number of hydrogen-bond donors (Lipinski definition) is 3. The summed E-state index contributed by atoms with van der Waals surface area (Å²) in [5, 5.41) is 10.1. The van der Waals surface area contributed by atoms with Gasteiger partial charge in [0, 0.05) is 42.0 Å². The van der Waals surface area contributed by atoms with E-state index in [-0.39, 0.29) is 18.0 Å². The largest absolute Gasteiger partial charge is 0.351 e. The highest BCUT2D eigenvalue weighted by molar-refractivity contribution is 7.15. The number of carbonyl (C=O) groups is 2. The minimum Gasteiger partial charge on any atom is -0.351 e. The molecule has 4 rings (SSSR count). The first kappa shape index (κ1) is 21.1. The smallest absolute Gasteiger partial charge is 0.321 e. The molecule has 160 valence electrons. The summed E-state index contributed by atoms with van der Waals surface area (Å²) in [5.41, 5.74) is 1.92. The second-order valence-electron chi connectivity index (χ2n) is 7.80. The lowest BCUT2D eigenvalue weighted by Crippen LogP contribution is -2.39. The highest BCUT2D eigenvalue weighted by Crippen LogP contribution is 2.28. The van der Waals surface area contributed by atoms with Crippen LogP contribution >= 0.6 is 22.9 Å². The highest BCUT2D eigenvalue weighted by Gasteiger charge is 2.23. The fraction of sp³-hybridized carbons (Fsp3) is 0.476. The molecule has 1 aliphatic heterocycles. The number of anilines is 1. The van der Waals surface area contributed by atoms with E-state index in [1.165, 1.54) is 24.2 Å². The van der Waals surface area contributed by atoms with Crippen molar-refractivity contribution >= 4 is 40.0 Å². The van der Waals surface area contributed by atoms with Crippen LogP contribution in [0.4, 0.5) is 9.93 Å². The quantitative estimate of drug-likeness (QED) is 0.632. The van der Waals surface area contributed by atoms with Crippen LogP contribution in [-0.4, -0.2) is 41.0 Å². The minimum absolute atomic E-state index is 0.0304. The van der Waals surface area contributed by atoms with E-state index in [2.05, 4.69) is 25.8 Å². The molecule has 1 fully saturated rings. The number of rotatable bonds is 6. The Kier molecular flexibility index (Phi) is 6.86. The first-order valence-electron chi connectivity index (χ1n) is 10.4. The summed E-state index contributed by atoms with van der Waals surface area (Å²) >= 11 is 7.63. The highest BCUT2D eigenvalue weighted by atomic mass is 35.5. The van der Waals surface area contributed by atoms with Crippen molar-refractivity contribution in [2.24, 2.45) is 0 Å². The van der Waals surface area contributed by atoms with Gasteiger partial charge in [0.05, 0.1) is 12.2 Å². The maximum Gasteiger partial charge on any atom is 0.321 e. The third kappa shape index (κ3) is 5.50. The molecule has 1 aromatic carbocycles. The number of fused-ring (bicyclic) bond motifs is 1. The van der Waals surface area contributed by atoms with Crippen LogP contribution < -0.4 is 16.0 Å². The van der Waals surface area contributed by atoms with Crippen LogP contribution in [0.25, 0.3) is 0 Å². The van der Waals surface area contributed by atoms with Gasteiger partial charge in [-0.1, -0.05) is 42.6 Å². The third-order valence-corrected chi connectivity index (χ3v) is 6.89. The Morgan fingerprint density at radius 3 is 2.83 bits per heavy atom. The summed E-state index contributed by atoms with van der Waals surface area (Å²) in [5.74, 6) is -0.0304. The summed E-state index contributed by atoms with van der Waals surface area (Å²) < 4.78 is 0. The maximum atomic E-state index is 12.3. The third-order valence-electron chi connectivity index (χ3n) is 5.52. The molecule has 3 amide bonds. The van der Waals surface area contributed by atoms with Crippen molar-refractivity contribution in [3.05, 3.63) is 45.4 Å². The van der Waals surface area contributed by atoms with E-state index in [0.717, 1.165) is 41.9 Å². The van der Waals surface area contributed by atoms with Crippen molar-refractivity contribution in [3.8, 4) is 0 Å². The van der Waals surface area contributed by atoms with E-state index >= 15 is 0 Å². The molecule has 30 heavy (non-hydrogen) atoms. The molecule has 1 aromatic heterocycles. The van der Waals surface area contributed by atoms with Crippen molar-refractivity contribution < 1.29 is 9.59 Å². The van der Waals surface area contributed by atoms with Crippen LogP contribution in [-0.2, 0) is 24.3 Å². The van der Waals surface area contributed by atoms with E-state index in [1.54, 1.807) is 0 Å². The fourth-order valence-corrected chi connectivity index (χ4v) is 5.17. The Morgan fingerprint density at radius 2 is 2.03 bits per heavy atom. The summed E-state index contributed by atoms with van der Waals surface area (Å²) in [6, 6.07) is 7.60. The SMILES string of the molecule is O=C(CN1CCc2nc(NC(=O)NC3CCCC3)sc2C1)NCc1ccccc1Cl. The van der Waals surface area contributed by atoms with E-state index < -0.39 is 0 Å². The topological polar surface area (TPSA) is 86.4 Å². The number of nitrogens with one attached hydrogen (secondary N) is 3. The Balaban J connectivity index is 1.25. The lowest BCUT2D eigenvalue weighted by atomic mass is 10.2. The Hall–Kier alpha value is -2.16. The lowest BCUT2D eigenvalue weighted by Gasteiger charge is -2.25. The van der Waals surface area contributed by atoms with Crippen LogP contribution in [0.2, 0.25) is 5.02 Å². The molecule has 1 saturated carbocycles. The molecule has 1 aliphatic carbocycles. The second kappa shape index (κ2) is 9.76. The molecular weight excluding hydrogens is 422 g/mol. The molecule has 2 aliphatic rings. The number of amides is 3. The van der Waals surface area contributed by atoms with Gasteiger partial charge < -0.3 is 10.6 Å². The predicted molar refractivity (Wildman–Crippen MR) is 119 cm³/mol. The van der Waals surface area contributed by atoms with Crippen LogP contribution in [0, 0.1) is 0 Å². The zero-order valence-corrected chi connectivity index (χ0v) is 18.3. The van der Waals surface area contributed by atoms with Crippen molar-refractivity contribution in [2.75, 3.05) is 18.4 Å². The van der Waals surface area contributed by atoms with Gasteiger partial charge in [0.1, 0.15) is 0 Å². The lowest BCUT2D eigenvalue weighted by molar-refractivity contribution is -0.122. The number of benzene rings is 1. The number of aromatic nitrogens is 1. The number of halogens is 1. The molecule has 2 aromatic rings. The average Bonchev–Trinajstić information content (AvgIpc) is 3.36. The van der Waals surface area contributed by atoms with Crippen LogP contribution in [0.3, 0.4) is 0 Å². The number of carbonyl (C=O) groups excluding carboxylic acids is 2. The van der Waals surface area contributed by atoms with Gasteiger partial charge in [-0.3, -0.25) is 15.0 Å². The van der Waals surface area contributed by atoms with Gasteiger partial charge in [-0.2, -0.15) is 0 Å². The van der Waals surface area contributed by atoms with Gasteiger partial charge in [-0.15, -0.1) is 11.3 Å². The maximum absolute atomic E-state index is 12.3. The summed E-state index contributed by atoms with van der Waals surface area (Å²) in [4.78, 5) is 32.3. The molecule has 0 radical (unpaired) electrons. The molecule has 7 nitrogen and oxygen atoms in total. The van der Waals surface area contributed by atoms with Crippen molar-refractivity contribution in [1.29, 1.82) is 0 Å². The Labute approximate surface area is 185 Å². The van der Waals surface area contributed by atoms with Crippen molar-refractivity contribution in [1.82, 2.24) is 20.5 Å². The van der Waals surface area contributed by atoms with Gasteiger partial charge in [0.2, 0.25) is 5.91 Å². The van der Waals surface area contributed by atoms with Gasteiger partial charge in [-0.25, -0.2) is 9.78 Å². The van der Waals surface area contributed by atoms with Crippen molar-refractivity contribution in [2.45, 2.75) is 51.2 Å². The normalized spacial score (nSPS) is 16.8. The molecule has 9 heteroatoms. The number of nitrogens with zero attached hydrogens (tertiary/aromatic N) is 2. The zero-order chi connectivity index (χ0) is 20.9. The van der Waals surface area contributed by atoms with Crippen molar-refractivity contribution in [3.63, 3.8) is 0 Å². The van der Waals surface area contributed by atoms with Gasteiger partial charge in [0.25, 0.3) is 0 Å². The molecule has 0 bridgehead atoms. The van der Waals surface area contributed by atoms with Crippen LogP contribution in [0.5, 0.6) is 0 Å². The average molecular weight is 448 g/mol. The fourth-order valence-electron chi connectivity index (χ4n) is 3.92. The molecule has 0 spiro atoms. The van der Waals surface area contributed by atoms with E-state index in [9.17, 15) is 9.59 Å². The number of thiazole rings is 1. The Bertz CT molecular complexity index is 913. The van der Waals surface area contributed by atoms with Gasteiger partial charge in [0.15, 0.2) is 5.13 Å². The molecule has 0 atom stereocenters. The number of urea groups is 1. The Morgan fingerprint density at radius 1 is 1.23 bits per heavy atom. The van der Waals surface area contributed by atoms with Gasteiger partial charge in [-0.05, 0) is 24.5 Å². The van der Waals surface area contributed by atoms with Gasteiger partial charge >= 0.3 is 6.03 Å². The monoisotopic (exact) mass is 447 g/mol. The van der Waals surface area contributed by atoms with Crippen LogP contribution in [0.15, 0.2) is 24.3 Å². The van der Waals surface area contributed by atoms with Crippen LogP contribution in [0.1, 0.15) is 41.8 Å². The standard InChI is InChI=1S/C21H26ClN5O2S/c22-16-8-4-1-5-14(16)11-23-19(28)13-27-10-9-17-18(12-27)30-21(25-17)26-20(29)24-15-6-2-3-7-15/h1,4-5,8,15H,2-3,6-7,9-13H2,(H,23,28)(H2,24,25,26,29). The summed E-state index contributed by atoms with van der Waals surface area (Å²) in [7, 11) is 0. The zero-order valence-electron chi connectivity index (χ0n) is 16.7.